The molecule has 0 atom stereocenters. The van der Waals surface area contributed by atoms with Crippen LogP contribution in [0.3, 0.4) is 0 Å². The molecule has 3 aromatic rings. The highest BCUT2D eigenvalue weighted by Crippen LogP contribution is 2.37. The van der Waals surface area contributed by atoms with Gasteiger partial charge >= 0.3 is 6.18 Å². The van der Waals surface area contributed by atoms with Gasteiger partial charge in [0.25, 0.3) is 0 Å². The molecule has 10 nitrogen and oxygen atoms in total. The Bertz CT molecular complexity index is 1440. The molecule has 3 N–H and O–H groups in total. The van der Waals surface area contributed by atoms with E-state index in [1.165, 1.54) is 0 Å². The van der Waals surface area contributed by atoms with E-state index in [4.69, 9.17) is 9.47 Å². The van der Waals surface area contributed by atoms with Gasteiger partial charge in [-0.15, -0.1) is 0 Å². The van der Waals surface area contributed by atoms with E-state index in [1.54, 1.807) is 32.4 Å². The van der Waals surface area contributed by atoms with Gasteiger partial charge in [-0.25, -0.2) is 4.98 Å². The fourth-order valence-corrected chi connectivity index (χ4v) is 5.53. The molecule has 0 radical (unpaired) electrons. The standard InChI is InChI=1S/C30H36F3N7O3/c1-39(13-14-42-2)20-9-11-40(12-10-20)21-7-8-25(26(15-21)43-3)37-29-35-18-23(30(31,32)33)28(38-29)34-17-19-5-4-6-24-22(19)16-27(41)36-24/h4-8,15,18,20H,9-14,16-17H2,1-3H3,(H,36,41)(H2,34,35,37,38). The molecule has 2 aliphatic rings. The maximum Gasteiger partial charge on any atom is 0.421 e. The second-order valence-corrected chi connectivity index (χ2v) is 10.7. The Kier molecular flexibility index (Phi) is 9.21. The Morgan fingerprint density at radius 1 is 1.16 bits per heavy atom. The zero-order valence-electron chi connectivity index (χ0n) is 24.4. The summed E-state index contributed by atoms with van der Waals surface area (Å²) in [4.78, 5) is 24.6. The summed E-state index contributed by atoms with van der Waals surface area (Å²) in [5, 5.41) is 8.58. The molecule has 0 spiro atoms. The first-order valence-corrected chi connectivity index (χ1v) is 14.1. The number of fused-ring (bicyclic) bond motifs is 1. The third-order valence-corrected chi connectivity index (χ3v) is 7.96. The summed E-state index contributed by atoms with van der Waals surface area (Å²) in [5.74, 6) is -0.0146. The van der Waals surface area contributed by atoms with Crippen LogP contribution in [-0.2, 0) is 28.7 Å². The number of halogens is 3. The molecule has 1 amide bonds. The van der Waals surface area contributed by atoms with E-state index in [1.807, 2.05) is 18.2 Å². The van der Waals surface area contributed by atoms with Crippen LogP contribution < -0.4 is 25.6 Å². The van der Waals surface area contributed by atoms with Crippen LogP contribution in [-0.4, -0.2) is 74.3 Å². The van der Waals surface area contributed by atoms with Gasteiger partial charge in [-0.1, -0.05) is 12.1 Å². The summed E-state index contributed by atoms with van der Waals surface area (Å²) >= 11 is 0. The molecule has 230 valence electrons. The summed E-state index contributed by atoms with van der Waals surface area (Å²) in [6.07, 6.45) is -1.68. The molecule has 2 aromatic carbocycles. The van der Waals surface area contributed by atoms with Crippen LogP contribution in [0.1, 0.15) is 29.5 Å². The van der Waals surface area contributed by atoms with Crippen molar-refractivity contribution in [3.8, 4) is 5.75 Å². The Morgan fingerprint density at radius 3 is 2.67 bits per heavy atom. The number of rotatable bonds is 11. The molecule has 1 aromatic heterocycles. The molecule has 13 heteroatoms. The highest BCUT2D eigenvalue weighted by Gasteiger charge is 2.35. The van der Waals surface area contributed by atoms with Crippen molar-refractivity contribution >= 4 is 34.7 Å². The van der Waals surface area contributed by atoms with Crippen molar-refractivity contribution in [2.45, 2.75) is 38.0 Å². The summed E-state index contributed by atoms with van der Waals surface area (Å²) < 4.78 is 52.3. The normalized spacial score (nSPS) is 15.4. The van der Waals surface area contributed by atoms with Gasteiger partial charge in [0.2, 0.25) is 11.9 Å². The van der Waals surface area contributed by atoms with Crippen LogP contribution in [0.15, 0.2) is 42.6 Å². The third kappa shape index (κ3) is 7.11. The van der Waals surface area contributed by atoms with Crippen LogP contribution in [0.4, 0.5) is 42.0 Å². The van der Waals surface area contributed by atoms with E-state index in [0.717, 1.165) is 49.9 Å². The lowest BCUT2D eigenvalue weighted by Crippen LogP contribution is -2.44. The van der Waals surface area contributed by atoms with Crippen LogP contribution in [0.5, 0.6) is 5.75 Å². The number of methoxy groups -OCH3 is 2. The molecule has 1 fully saturated rings. The smallest absolute Gasteiger partial charge is 0.421 e. The predicted molar refractivity (Wildman–Crippen MR) is 159 cm³/mol. The number of benzene rings is 2. The third-order valence-electron chi connectivity index (χ3n) is 7.96. The molecular formula is C30H36F3N7O3. The average Bonchev–Trinajstić information content (AvgIpc) is 3.39. The molecule has 0 unspecified atom stereocenters. The second-order valence-electron chi connectivity index (χ2n) is 10.7. The number of amides is 1. The Labute approximate surface area is 248 Å². The zero-order valence-corrected chi connectivity index (χ0v) is 24.4. The van der Waals surface area contributed by atoms with Crippen molar-refractivity contribution in [2.75, 3.05) is 68.4 Å². The molecular weight excluding hydrogens is 563 g/mol. The minimum Gasteiger partial charge on any atom is -0.494 e. The molecule has 3 heterocycles. The van der Waals surface area contributed by atoms with E-state index >= 15 is 0 Å². The largest absolute Gasteiger partial charge is 0.494 e. The quantitative estimate of drug-likeness (QED) is 0.284. The lowest BCUT2D eigenvalue weighted by Gasteiger charge is -2.38. The molecule has 0 aliphatic carbocycles. The summed E-state index contributed by atoms with van der Waals surface area (Å²) in [6.45, 7) is 3.44. The topological polar surface area (TPSA) is 104 Å². The Morgan fingerprint density at radius 2 is 1.95 bits per heavy atom. The fourth-order valence-electron chi connectivity index (χ4n) is 5.53. The molecule has 2 aliphatic heterocycles. The number of nitrogens with zero attached hydrogens (tertiary/aromatic N) is 4. The highest BCUT2D eigenvalue weighted by molar-refractivity contribution is 5.99. The lowest BCUT2D eigenvalue weighted by atomic mass is 10.0. The van der Waals surface area contributed by atoms with E-state index in [0.29, 0.717) is 35.3 Å². The van der Waals surface area contributed by atoms with Crippen LogP contribution in [0, 0.1) is 0 Å². The van der Waals surface area contributed by atoms with Crippen molar-refractivity contribution in [1.29, 1.82) is 0 Å². The van der Waals surface area contributed by atoms with Crippen molar-refractivity contribution in [3.05, 3.63) is 59.3 Å². The minimum absolute atomic E-state index is 0.0170. The molecule has 5 rings (SSSR count). The number of nitrogens with one attached hydrogen (secondary N) is 3. The van der Waals surface area contributed by atoms with Gasteiger partial charge in [-0.3, -0.25) is 4.79 Å². The zero-order chi connectivity index (χ0) is 30.6. The van der Waals surface area contributed by atoms with Crippen molar-refractivity contribution in [3.63, 3.8) is 0 Å². The number of aromatic nitrogens is 2. The predicted octanol–water partition coefficient (Wildman–Crippen LogP) is 4.90. The van der Waals surface area contributed by atoms with Crippen LogP contribution in [0.25, 0.3) is 0 Å². The van der Waals surface area contributed by atoms with Gasteiger partial charge in [0, 0.05) is 63.0 Å². The Balaban J connectivity index is 1.30. The number of likely N-dealkylation sites (N-methyl/N-ethyl adjacent to an activating group) is 1. The first kappa shape index (κ1) is 30.4. The number of alkyl halides is 3. The van der Waals surface area contributed by atoms with Gasteiger partial charge in [-0.2, -0.15) is 18.2 Å². The fraction of sp³-hybridized carbons (Fsp3) is 0.433. The first-order valence-electron chi connectivity index (χ1n) is 14.1. The first-order chi connectivity index (χ1) is 20.7. The number of carbonyl (C=O) groups excluding carboxylic acids is 1. The number of carbonyl (C=O) groups is 1. The maximum absolute atomic E-state index is 13.8. The lowest BCUT2D eigenvalue weighted by molar-refractivity contribution is -0.137. The van der Waals surface area contributed by atoms with Crippen molar-refractivity contribution in [2.24, 2.45) is 0 Å². The van der Waals surface area contributed by atoms with Crippen LogP contribution in [0.2, 0.25) is 0 Å². The summed E-state index contributed by atoms with van der Waals surface area (Å²) in [5.41, 5.74) is 2.67. The van der Waals surface area contributed by atoms with Crippen molar-refractivity contribution in [1.82, 2.24) is 14.9 Å². The number of anilines is 5. The van der Waals surface area contributed by atoms with Gasteiger partial charge in [0.05, 0.1) is 25.8 Å². The van der Waals surface area contributed by atoms with Crippen molar-refractivity contribution < 1.29 is 27.4 Å². The summed E-state index contributed by atoms with van der Waals surface area (Å²) in [6, 6.07) is 11.5. The minimum atomic E-state index is -4.66. The molecule has 43 heavy (non-hydrogen) atoms. The average molecular weight is 600 g/mol. The Hall–Kier alpha value is -4.10. The van der Waals surface area contributed by atoms with E-state index in [2.05, 4.69) is 42.8 Å². The number of hydrogen-bond acceptors (Lipinski definition) is 9. The molecule has 0 saturated carbocycles. The van der Waals surface area contributed by atoms with E-state index < -0.39 is 11.7 Å². The molecule has 0 bridgehead atoms. The van der Waals surface area contributed by atoms with Crippen LogP contribution >= 0.6 is 0 Å². The van der Waals surface area contributed by atoms with Gasteiger partial charge in [0.15, 0.2) is 0 Å². The van der Waals surface area contributed by atoms with Gasteiger partial charge < -0.3 is 35.2 Å². The second kappa shape index (κ2) is 13.0. The number of ether oxygens (including phenoxy) is 2. The SMILES string of the molecule is COCCN(C)C1CCN(c2ccc(Nc3ncc(C(F)(F)F)c(NCc4cccc5c4CC(=O)N5)n3)c(OC)c2)CC1. The van der Waals surface area contributed by atoms with E-state index in [-0.39, 0.29) is 30.6 Å². The number of hydrogen-bond donors (Lipinski definition) is 3. The maximum atomic E-state index is 13.8. The monoisotopic (exact) mass is 599 g/mol. The van der Waals surface area contributed by atoms with Gasteiger partial charge in [-0.05, 0) is 49.2 Å². The highest BCUT2D eigenvalue weighted by atomic mass is 19.4. The van der Waals surface area contributed by atoms with Gasteiger partial charge in [0.1, 0.15) is 17.1 Å². The molecule has 1 saturated heterocycles. The number of piperidine rings is 1. The summed E-state index contributed by atoms with van der Waals surface area (Å²) in [7, 11) is 5.38. The van der Waals surface area contributed by atoms with E-state index in [9.17, 15) is 18.0 Å².